The number of alkyl halides is 3. The molecule has 8 nitrogen and oxygen atoms in total. The Balaban J connectivity index is 0.000000370. The molecular weight excluding hydrogens is 413 g/mol. The van der Waals surface area contributed by atoms with E-state index in [-0.39, 0.29) is 11.2 Å². The molecule has 0 aliphatic carbocycles. The number of carboxylic acid groups (broad SMARTS) is 1. The fourth-order valence-corrected chi connectivity index (χ4v) is 5.94. The van der Waals surface area contributed by atoms with Gasteiger partial charge in [-0.05, 0) is 30.7 Å². The van der Waals surface area contributed by atoms with E-state index in [4.69, 9.17) is 9.90 Å². The minimum absolute atomic E-state index is 0.234. The molecule has 2 atom stereocenters. The van der Waals surface area contributed by atoms with Gasteiger partial charge in [0, 0.05) is 38.6 Å². The summed E-state index contributed by atoms with van der Waals surface area (Å²) < 4.78 is 58.9. The molecule has 0 radical (unpaired) electrons. The van der Waals surface area contributed by atoms with E-state index in [9.17, 15) is 21.6 Å². The Bertz CT molecular complexity index is 790. The fourth-order valence-electron chi connectivity index (χ4n) is 3.54. The van der Waals surface area contributed by atoms with E-state index in [1.165, 1.54) is 0 Å². The van der Waals surface area contributed by atoms with Gasteiger partial charge in [-0.1, -0.05) is 13.8 Å². The van der Waals surface area contributed by atoms with Crippen LogP contribution < -0.4 is 4.90 Å². The zero-order chi connectivity index (χ0) is 21.8. The van der Waals surface area contributed by atoms with Crippen LogP contribution in [-0.2, 0) is 14.8 Å². The van der Waals surface area contributed by atoms with Gasteiger partial charge in [-0.15, -0.1) is 0 Å². The van der Waals surface area contributed by atoms with E-state index in [0.717, 1.165) is 13.0 Å². The number of aromatic nitrogens is 2. The van der Waals surface area contributed by atoms with Crippen LogP contribution in [0.4, 0.5) is 19.1 Å². The van der Waals surface area contributed by atoms with Gasteiger partial charge < -0.3 is 10.0 Å². The maximum Gasteiger partial charge on any atom is 0.490 e. The molecule has 0 spiro atoms. The number of nitrogens with zero attached hydrogens (tertiary/aromatic N) is 4. The second kappa shape index (κ2) is 9.24. The van der Waals surface area contributed by atoms with Gasteiger partial charge >= 0.3 is 12.1 Å². The first kappa shape index (κ1) is 23.3. The van der Waals surface area contributed by atoms with E-state index >= 15 is 0 Å². The lowest BCUT2D eigenvalue weighted by atomic mass is 10.0. The summed E-state index contributed by atoms with van der Waals surface area (Å²) in [5.74, 6) is -1.45. The van der Waals surface area contributed by atoms with E-state index < -0.39 is 22.2 Å². The lowest BCUT2D eigenvalue weighted by Crippen LogP contribution is -2.34. The summed E-state index contributed by atoms with van der Waals surface area (Å²) >= 11 is 0. The van der Waals surface area contributed by atoms with Crippen molar-refractivity contribution in [1.82, 2.24) is 14.3 Å². The number of rotatable bonds is 3. The molecule has 2 aliphatic heterocycles. The van der Waals surface area contributed by atoms with Crippen molar-refractivity contribution in [1.29, 1.82) is 0 Å². The number of anilines is 1. The van der Waals surface area contributed by atoms with Crippen molar-refractivity contribution in [2.45, 2.75) is 38.1 Å². The first-order chi connectivity index (χ1) is 13.4. The number of carbonyl (C=O) groups is 1. The van der Waals surface area contributed by atoms with Gasteiger partial charge in [0.25, 0.3) is 0 Å². The average Bonchev–Trinajstić information content (AvgIpc) is 2.77. The Morgan fingerprint density at radius 1 is 1.24 bits per heavy atom. The van der Waals surface area contributed by atoms with Crippen LogP contribution in [0.2, 0.25) is 0 Å². The van der Waals surface area contributed by atoms with Crippen molar-refractivity contribution >= 4 is 21.9 Å². The van der Waals surface area contributed by atoms with Crippen LogP contribution in [0.3, 0.4) is 0 Å². The quantitative estimate of drug-likeness (QED) is 0.770. The molecule has 29 heavy (non-hydrogen) atoms. The van der Waals surface area contributed by atoms with Crippen LogP contribution in [0.5, 0.6) is 0 Å². The van der Waals surface area contributed by atoms with Crippen molar-refractivity contribution in [3.8, 4) is 0 Å². The van der Waals surface area contributed by atoms with E-state index in [2.05, 4.69) is 28.7 Å². The number of sulfonamides is 1. The molecule has 1 aromatic rings. The third kappa shape index (κ3) is 6.01. The molecule has 2 aliphatic rings. The highest BCUT2D eigenvalue weighted by atomic mass is 32.2. The smallest absolute Gasteiger partial charge is 0.475 e. The first-order valence-electron chi connectivity index (χ1n) is 9.24. The number of hydrogen-bond donors (Lipinski definition) is 1. The molecule has 3 rings (SSSR count). The van der Waals surface area contributed by atoms with Crippen molar-refractivity contribution in [2.75, 3.05) is 31.1 Å². The minimum atomic E-state index is -5.08. The van der Waals surface area contributed by atoms with Gasteiger partial charge in [0.15, 0.2) is 0 Å². The van der Waals surface area contributed by atoms with Crippen LogP contribution in [0.25, 0.3) is 0 Å². The Labute approximate surface area is 167 Å². The lowest BCUT2D eigenvalue weighted by molar-refractivity contribution is -0.192. The normalized spacial score (nSPS) is 24.4. The van der Waals surface area contributed by atoms with Crippen LogP contribution in [0.15, 0.2) is 18.5 Å². The third-order valence-corrected chi connectivity index (χ3v) is 7.21. The molecule has 0 unspecified atom stereocenters. The summed E-state index contributed by atoms with van der Waals surface area (Å²) in [6.45, 7) is 6.99. The zero-order valence-corrected chi connectivity index (χ0v) is 17.0. The van der Waals surface area contributed by atoms with Crippen molar-refractivity contribution in [3.63, 3.8) is 0 Å². The first-order valence-corrected chi connectivity index (χ1v) is 10.7. The molecule has 0 bridgehead atoms. The molecule has 12 heteroatoms. The van der Waals surface area contributed by atoms with E-state index in [0.29, 0.717) is 37.9 Å². The van der Waals surface area contributed by atoms with Gasteiger partial charge in [-0.25, -0.2) is 27.5 Å². The zero-order valence-electron chi connectivity index (χ0n) is 16.2. The molecular formula is C17H25F3N4O4S. The molecule has 3 heterocycles. The SMILES string of the molecule is CC(C)CN1C[C@H]2CCN(c3ncccn3)CC[C@H]2S1(=O)=O.O=C(O)C(F)(F)F. The van der Waals surface area contributed by atoms with E-state index in [1.807, 2.05) is 0 Å². The molecule has 0 saturated carbocycles. The Kier molecular flexibility index (Phi) is 7.44. The van der Waals surface area contributed by atoms with Crippen LogP contribution in [0, 0.1) is 11.8 Å². The third-order valence-electron chi connectivity index (χ3n) is 4.81. The average molecular weight is 438 g/mol. The predicted molar refractivity (Wildman–Crippen MR) is 99.8 cm³/mol. The summed E-state index contributed by atoms with van der Waals surface area (Å²) in [5.41, 5.74) is 0. The van der Waals surface area contributed by atoms with Crippen LogP contribution >= 0.6 is 0 Å². The van der Waals surface area contributed by atoms with E-state index in [1.54, 1.807) is 22.8 Å². The minimum Gasteiger partial charge on any atom is -0.475 e. The second-order valence-electron chi connectivity index (χ2n) is 7.47. The molecule has 1 N–H and O–H groups in total. The van der Waals surface area contributed by atoms with Crippen LogP contribution in [-0.4, -0.2) is 71.4 Å². The predicted octanol–water partition coefficient (Wildman–Crippen LogP) is 2.00. The summed E-state index contributed by atoms with van der Waals surface area (Å²) in [4.78, 5) is 19.6. The molecule has 1 aromatic heterocycles. The Hall–Kier alpha value is -1.95. The molecule has 164 valence electrons. The van der Waals surface area contributed by atoms with Crippen molar-refractivity contribution < 1.29 is 31.5 Å². The van der Waals surface area contributed by atoms with Gasteiger partial charge in [0.05, 0.1) is 5.25 Å². The maximum atomic E-state index is 12.7. The molecule has 2 fully saturated rings. The number of aliphatic carboxylic acids is 1. The number of halogens is 3. The molecule has 0 aromatic carbocycles. The van der Waals surface area contributed by atoms with Gasteiger partial charge in [0.1, 0.15) is 0 Å². The Morgan fingerprint density at radius 2 is 1.79 bits per heavy atom. The maximum absolute atomic E-state index is 12.7. The summed E-state index contributed by atoms with van der Waals surface area (Å²) in [5, 5.41) is 6.89. The highest BCUT2D eigenvalue weighted by molar-refractivity contribution is 7.90. The van der Waals surface area contributed by atoms with Crippen molar-refractivity contribution in [3.05, 3.63) is 18.5 Å². The monoisotopic (exact) mass is 438 g/mol. The number of hydrogen-bond acceptors (Lipinski definition) is 6. The van der Waals surface area contributed by atoms with Crippen LogP contribution in [0.1, 0.15) is 26.7 Å². The lowest BCUT2D eigenvalue weighted by Gasteiger charge is -2.22. The highest BCUT2D eigenvalue weighted by Crippen LogP contribution is 2.35. The van der Waals surface area contributed by atoms with Gasteiger partial charge in [-0.3, -0.25) is 0 Å². The highest BCUT2D eigenvalue weighted by Gasteiger charge is 2.47. The number of carboxylic acids is 1. The molecule has 2 saturated heterocycles. The standard InChI is InChI=1S/C15H24N4O2S.C2HF3O2/c1-12(2)10-19-11-13-4-8-18(15-16-6-3-7-17-15)9-5-14(13)22(19,20)21;3-2(4,5)1(6)7/h3,6-7,12-14H,4-5,8-11H2,1-2H3;(H,6,7)/t13-,14-;/m1./s1. The number of fused-ring (bicyclic) bond motifs is 1. The topological polar surface area (TPSA) is 104 Å². The molecule has 0 amide bonds. The second-order valence-corrected chi connectivity index (χ2v) is 9.62. The summed E-state index contributed by atoms with van der Waals surface area (Å²) in [7, 11) is -3.15. The van der Waals surface area contributed by atoms with Crippen molar-refractivity contribution in [2.24, 2.45) is 11.8 Å². The van der Waals surface area contributed by atoms with Gasteiger partial charge in [-0.2, -0.15) is 13.2 Å². The summed E-state index contributed by atoms with van der Waals surface area (Å²) in [6, 6.07) is 1.80. The summed E-state index contributed by atoms with van der Waals surface area (Å²) in [6.07, 6.45) is -0.0685. The largest absolute Gasteiger partial charge is 0.490 e. The Morgan fingerprint density at radius 3 is 2.31 bits per heavy atom. The van der Waals surface area contributed by atoms with Gasteiger partial charge in [0.2, 0.25) is 16.0 Å². The fraction of sp³-hybridized carbons (Fsp3) is 0.706.